The van der Waals surface area contributed by atoms with Crippen LogP contribution in [0.3, 0.4) is 0 Å². The zero-order chi connectivity index (χ0) is 14.3. The van der Waals surface area contributed by atoms with Crippen LogP contribution in [0.15, 0.2) is 18.2 Å². The Morgan fingerprint density at radius 3 is 2.79 bits per heavy atom. The lowest BCUT2D eigenvalue weighted by atomic mass is 10.2. The van der Waals surface area contributed by atoms with Crippen LogP contribution in [0.2, 0.25) is 0 Å². The highest BCUT2D eigenvalue weighted by Gasteiger charge is 2.10. The van der Waals surface area contributed by atoms with E-state index in [-0.39, 0.29) is 5.75 Å². The van der Waals surface area contributed by atoms with Gasteiger partial charge in [-0.3, -0.25) is 0 Å². The molecule has 0 spiro atoms. The Hall–Kier alpha value is -1.43. The van der Waals surface area contributed by atoms with Crippen molar-refractivity contribution in [3.8, 4) is 5.75 Å². The quantitative estimate of drug-likeness (QED) is 0.618. The van der Waals surface area contributed by atoms with E-state index in [1.807, 2.05) is 0 Å². The van der Waals surface area contributed by atoms with Gasteiger partial charge in [0, 0.05) is 6.54 Å². The summed E-state index contributed by atoms with van der Waals surface area (Å²) in [6.07, 6.45) is 2.05. The Labute approximate surface area is 117 Å². The van der Waals surface area contributed by atoms with Gasteiger partial charge in [0.1, 0.15) is 5.75 Å². The Morgan fingerprint density at radius 2 is 2.16 bits per heavy atom. The van der Waals surface area contributed by atoms with Crippen LogP contribution >= 0.6 is 12.2 Å². The summed E-state index contributed by atoms with van der Waals surface area (Å²) in [5.74, 6) is 0.0923. The highest BCUT2D eigenvalue weighted by atomic mass is 32.1. The summed E-state index contributed by atoms with van der Waals surface area (Å²) in [6.45, 7) is 1.77. The highest BCUT2D eigenvalue weighted by molar-refractivity contribution is 7.80. The van der Waals surface area contributed by atoms with Gasteiger partial charge in [0.25, 0.3) is 0 Å². The number of hydrogen-bond acceptors (Lipinski definition) is 2. The Bertz CT molecular complexity index is 427. The number of alkyl halides is 2. The van der Waals surface area contributed by atoms with E-state index in [1.165, 1.54) is 0 Å². The number of anilines is 1. The lowest BCUT2D eigenvalue weighted by molar-refractivity contribution is -0.0493. The van der Waals surface area contributed by atoms with Gasteiger partial charge in [0.2, 0.25) is 0 Å². The molecule has 6 heteroatoms. The normalized spacial score (nSPS) is 10.4. The second kappa shape index (κ2) is 7.89. The van der Waals surface area contributed by atoms with Crippen molar-refractivity contribution in [2.24, 2.45) is 0 Å². The lowest BCUT2D eigenvalue weighted by Crippen LogP contribution is -2.29. The minimum atomic E-state index is -2.86. The molecule has 0 fully saturated rings. The summed E-state index contributed by atoms with van der Waals surface area (Å²) in [5, 5.41) is 6.27. The largest absolute Gasteiger partial charge is 0.433 e. The van der Waals surface area contributed by atoms with E-state index in [2.05, 4.69) is 22.3 Å². The molecule has 0 atom stereocenters. The zero-order valence-electron chi connectivity index (χ0n) is 11.0. The molecule has 0 radical (unpaired) electrons. The molecule has 19 heavy (non-hydrogen) atoms. The molecule has 1 rings (SSSR count). The van der Waals surface area contributed by atoms with Crippen molar-refractivity contribution in [2.75, 3.05) is 11.9 Å². The van der Waals surface area contributed by atoms with Gasteiger partial charge in [0.05, 0.1) is 5.69 Å². The zero-order valence-corrected chi connectivity index (χ0v) is 11.8. The predicted molar refractivity (Wildman–Crippen MR) is 76.9 cm³/mol. The average molecular weight is 288 g/mol. The third-order valence-electron chi connectivity index (χ3n) is 2.42. The number of rotatable bonds is 6. The van der Waals surface area contributed by atoms with E-state index in [9.17, 15) is 8.78 Å². The summed E-state index contributed by atoms with van der Waals surface area (Å²) in [6, 6.07) is 5.01. The third-order valence-corrected chi connectivity index (χ3v) is 2.66. The van der Waals surface area contributed by atoms with Crippen molar-refractivity contribution >= 4 is 23.0 Å². The smallest absolute Gasteiger partial charge is 0.387 e. The molecule has 0 aromatic heterocycles. The molecule has 0 saturated heterocycles. The molecule has 0 bridgehead atoms. The molecule has 2 N–H and O–H groups in total. The van der Waals surface area contributed by atoms with E-state index < -0.39 is 6.61 Å². The molecule has 0 aliphatic carbocycles. The van der Waals surface area contributed by atoms with Gasteiger partial charge in [-0.25, -0.2) is 0 Å². The van der Waals surface area contributed by atoms with Crippen molar-refractivity contribution in [3.63, 3.8) is 0 Å². The Balaban J connectivity index is 2.68. The molecule has 0 aliphatic rings. The number of aryl methyl sites for hydroxylation is 1. The van der Waals surface area contributed by atoms with Gasteiger partial charge >= 0.3 is 6.61 Å². The SMILES string of the molecule is CCCCNC(=S)Nc1ccc(C)cc1OC(F)F. The number of unbranched alkanes of at least 4 members (excludes halogenated alkanes) is 1. The maximum Gasteiger partial charge on any atom is 0.387 e. The number of halogens is 2. The summed E-state index contributed by atoms with van der Waals surface area (Å²) in [5.41, 5.74) is 1.27. The van der Waals surface area contributed by atoms with Crippen LogP contribution in [0, 0.1) is 6.92 Å². The van der Waals surface area contributed by atoms with Crippen LogP contribution < -0.4 is 15.4 Å². The predicted octanol–water partition coefficient (Wildman–Crippen LogP) is 3.68. The number of ether oxygens (including phenoxy) is 1. The molecule has 1 aromatic rings. The highest BCUT2D eigenvalue weighted by Crippen LogP contribution is 2.27. The minimum Gasteiger partial charge on any atom is -0.433 e. The second-order valence-corrected chi connectivity index (χ2v) is 4.52. The first-order valence-electron chi connectivity index (χ1n) is 6.13. The van der Waals surface area contributed by atoms with Crippen molar-refractivity contribution in [1.82, 2.24) is 5.32 Å². The fourth-order valence-corrected chi connectivity index (χ4v) is 1.68. The van der Waals surface area contributed by atoms with Crippen LogP contribution in [0.25, 0.3) is 0 Å². The molecular weight excluding hydrogens is 270 g/mol. The molecule has 106 valence electrons. The first-order chi connectivity index (χ1) is 9.02. The molecule has 0 amide bonds. The molecule has 0 unspecified atom stereocenters. The summed E-state index contributed by atoms with van der Waals surface area (Å²) in [4.78, 5) is 0. The number of nitrogens with one attached hydrogen (secondary N) is 2. The van der Waals surface area contributed by atoms with E-state index in [1.54, 1.807) is 25.1 Å². The molecular formula is C13H18F2N2OS. The van der Waals surface area contributed by atoms with E-state index in [4.69, 9.17) is 12.2 Å². The van der Waals surface area contributed by atoms with E-state index in [0.717, 1.165) is 24.9 Å². The molecule has 1 aromatic carbocycles. The van der Waals surface area contributed by atoms with Gasteiger partial charge in [0.15, 0.2) is 5.11 Å². The van der Waals surface area contributed by atoms with Crippen LogP contribution in [0.1, 0.15) is 25.3 Å². The molecule has 0 heterocycles. The summed E-state index contributed by atoms with van der Waals surface area (Å²) < 4.78 is 29.1. The standard InChI is InChI=1S/C13H18F2N2OS/c1-3-4-7-16-13(19)17-10-6-5-9(2)8-11(10)18-12(14)15/h5-6,8,12H,3-4,7H2,1-2H3,(H2,16,17,19). The van der Waals surface area contributed by atoms with E-state index >= 15 is 0 Å². The average Bonchev–Trinajstić information content (AvgIpc) is 2.32. The fourth-order valence-electron chi connectivity index (χ4n) is 1.47. The first kappa shape index (κ1) is 15.6. The van der Waals surface area contributed by atoms with Gasteiger partial charge in [-0.15, -0.1) is 0 Å². The lowest BCUT2D eigenvalue weighted by Gasteiger charge is -2.14. The number of hydrogen-bond donors (Lipinski definition) is 2. The van der Waals surface area contributed by atoms with E-state index in [0.29, 0.717) is 10.8 Å². The van der Waals surface area contributed by atoms with Crippen LogP contribution in [-0.4, -0.2) is 18.3 Å². The van der Waals surface area contributed by atoms with Gasteiger partial charge in [-0.05, 0) is 43.3 Å². The van der Waals surface area contributed by atoms with Crippen molar-refractivity contribution in [1.29, 1.82) is 0 Å². The monoisotopic (exact) mass is 288 g/mol. The second-order valence-electron chi connectivity index (χ2n) is 4.11. The van der Waals surface area contributed by atoms with Gasteiger partial charge in [-0.1, -0.05) is 19.4 Å². The van der Waals surface area contributed by atoms with Gasteiger partial charge < -0.3 is 15.4 Å². The Kier molecular flexibility index (Phi) is 6.49. The Morgan fingerprint density at radius 1 is 1.42 bits per heavy atom. The van der Waals surface area contributed by atoms with Crippen LogP contribution in [0.5, 0.6) is 5.75 Å². The van der Waals surface area contributed by atoms with Crippen LogP contribution in [-0.2, 0) is 0 Å². The van der Waals surface area contributed by atoms with Crippen LogP contribution in [0.4, 0.5) is 14.5 Å². The summed E-state index contributed by atoms with van der Waals surface area (Å²) in [7, 11) is 0. The van der Waals surface area contributed by atoms with Gasteiger partial charge in [-0.2, -0.15) is 8.78 Å². The topological polar surface area (TPSA) is 33.3 Å². The molecule has 3 nitrogen and oxygen atoms in total. The van der Waals surface area contributed by atoms with Crippen molar-refractivity contribution < 1.29 is 13.5 Å². The summed E-state index contributed by atoms with van der Waals surface area (Å²) >= 11 is 5.09. The minimum absolute atomic E-state index is 0.0923. The number of thiocarbonyl (C=S) groups is 1. The first-order valence-corrected chi connectivity index (χ1v) is 6.54. The number of benzene rings is 1. The maximum absolute atomic E-state index is 12.3. The maximum atomic E-state index is 12.3. The fraction of sp³-hybridized carbons (Fsp3) is 0.462. The molecule has 0 aliphatic heterocycles. The third kappa shape index (κ3) is 5.83. The molecule has 0 saturated carbocycles. The van der Waals surface area contributed by atoms with Crippen molar-refractivity contribution in [3.05, 3.63) is 23.8 Å². The van der Waals surface area contributed by atoms with Crippen molar-refractivity contribution in [2.45, 2.75) is 33.3 Å².